The number of nitriles is 1. The Labute approximate surface area is 127 Å². The Hall–Kier alpha value is -3.19. The first-order chi connectivity index (χ1) is 10.8. The van der Waals surface area contributed by atoms with E-state index in [1.54, 1.807) is 24.3 Å². The second-order valence-corrected chi connectivity index (χ2v) is 4.79. The Bertz CT molecular complexity index is 934. The van der Waals surface area contributed by atoms with Gasteiger partial charge in [0.1, 0.15) is 6.07 Å². The Morgan fingerprint density at radius 1 is 1.09 bits per heavy atom. The number of rotatable bonds is 3. The van der Waals surface area contributed by atoms with Gasteiger partial charge >= 0.3 is 0 Å². The molecule has 3 rings (SSSR count). The zero-order valence-electron chi connectivity index (χ0n) is 11.8. The van der Waals surface area contributed by atoms with Crippen LogP contribution in [0.15, 0.2) is 65.5 Å². The fourth-order valence-electron chi connectivity index (χ4n) is 2.28. The molecule has 0 radical (unpaired) electrons. The minimum atomic E-state index is -0.195. The molecule has 1 heterocycles. The van der Waals surface area contributed by atoms with Crippen LogP contribution in [0.3, 0.4) is 0 Å². The summed E-state index contributed by atoms with van der Waals surface area (Å²) >= 11 is 0. The molecule has 4 nitrogen and oxygen atoms in total. The van der Waals surface area contributed by atoms with Gasteiger partial charge in [-0.1, -0.05) is 54.6 Å². The molecule has 0 saturated heterocycles. The highest BCUT2D eigenvalue weighted by Gasteiger charge is 2.08. The quantitative estimate of drug-likeness (QED) is 0.744. The van der Waals surface area contributed by atoms with Gasteiger partial charge < -0.3 is 0 Å². The van der Waals surface area contributed by atoms with Crippen LogP contribution < -0.4 is 5.56 Å². The van der Waals surface area contributed by atoms with Gasteiger partial charge in [-0.3, -0.25) is 9.36 Å². The summed E-state index contributed by atoms with van der Waals surface area (Å²) in [5.74, 6) is 0.126. The first-order valence-corrected chi connectivity index (χ1v) is 6.91. The van der Waals surface area contributed by atoms with Crippen LogP contribution >= 0.6 is 0 Å². The van der Waals surface area contributed by atoms with Gasteiger partial charge in [0.15, 0.2) is 0 Å². The lowest BCUT2D eigenvalue weighted by molar-refractivity contribution is 0.752. The molecule has 0 aliphatic carbocycles. The first kappa shape index (κ1) is 13.8. The molecule has 0 N–H and O–H groups in total. The minimum Gasteiger partial charge on any atom is -0.280 e. The highest BCUT2D eigenvalue weighted by molar-refractivity contribution is 5.77. The standard InChI is InChI=1S/C18H13N3O/c19-13-17-20-16-11-5-4-10-15(16)18(22)21(17)12-6-9-14-7-2-1-3-8-14/h1-11H,12H2/b9-6+. The zero-order chi connectivity index (χ0) is 15.4. The fraction of sp³-hybridized carbons (Fsp3) is 0.0556. The summed E-state index contributed by atoms with van der Waals surface area (Å²) in [5, 5.41) is 9.75. The second kappa shape index (κ2) is 6.06. The molecular formula is C18H13N3O. The fourth-order valence-corrected chi connectivity index (χ4v) is 2.28. The summed E-state index contributed by atoms with van der Waals surface area (Å²) < 4.78 is 1.39. The van der Waals surface area contributed by atoms with Gasteiger partial charge in [-0.2, -0.15) is 5.26 Å². The van der Waals surface area contributed by atoms with E-state index in [0.717, 1.165) is 5.56 Å². The van der Waals surface area contributed by atoms with Crippen molar-refractivity contribution in [3.05, 3.63) is 82.4 Å². The van der Waals surface area contributed by atoms with E-state index in [2.05, 4.69) is 4.98 Å². The van der Waals surface area contributed by atoms with E-state index in [1.165, 1.54) is 4.57 Å². The number of aromatic nitrogens is 2. The lowest BCUT2D eigenvalue weighted by atomic mass is 10.2. The van der Waals surface area contributed by atoms with Crippen molar-refractivity contribution in [2.75, 3.05) is 0 Å². The lowest BCUT2D eigenvalue weighted by Crippen LogP contribution is -2.23. The van der Waals surface area contributed by atoms with E-state index in [1.807, 2.05) is 48.6 Å². The smallest absolute Gasteiger partial charge is 0.262 e. The molecule has 3 aromatic rings. The summed E-state index contributed by atoms with van der Waals surface area (Å²) in [7, 11) is 0. The van der Waals surface area contributed by atoms with Crippen molar-refractivity contribution in [1.82, 2.24) is 9.55 Å². The molecule has 0 spiro atoms. The highest BCUT2D eigenvalue weighted by atomic mass is 16.1. The van der Waals surface area contributed by atoms with Crippen molar-refractivity contribution in [2.24, 2.45) is 0 Å². The van der Waals surface area contributed by atoms with Crippen LogP contribution in [-0.4, -0.2) is 9.55 Å². The third-order valence-electron chi connectivity index (χ3n) is 3.36. The number of hydrogen-bond acceptors (Lipinski definition) is 3. The Kier molecular flexibility index (Phi) is 3.80. The zero-order valence-corrected chi connectivity index (χ0v) is 11.8. The number of fused-ring (bicyclic) bond motifs is 1. The maximum Gasteiger partial charge on any atom is 0.262 e. The van der Waals surface area contributed by atoms with Crippen molar-refractivity contribution in [3.8, 4) is 6.07 Å². The molecule has 4 heteroatoms. The van der Waals surface area contributed by atoms with Crippen LogP contribution in [-0.2, 0) is 6.54 Å². The molecule has 0 atom stereocenters. The summed E-state index contributed by atoms with van der Waals surface area (Å²) in [6, 6.07) is 18.8. The van der Waals surface area contributed by atoms with Crippen molar-refractivity contribution >= 4 is 17.0 Å². The molecular weight excluding hydrogens is 274 g/mol. The van der Waals surface area contributed by atoms with E-state index >= 15 is 0 Å². The van der Waals surface area contributed by atoms with Gasteiger partial charge in [0.2, 0.25) is 5.82 Å². The predicted octanol–water partition coefficient (Wildman–Crippen LogP) is 2.98. The second-order valence-electron chi connectivity index (χ2n) is 4.79. The topological polar surface area (TPSA) is 58.7 Å². The largest absolute Gasteiger partial charge is 0.280 e. The molecule has 0 unspecified atom stereocenters. The third-order valence-corrected chi connectivity index (χ3v) is 3.36. The Morgan fingerprint density at radius 2 is 1.82 bits per heavy atom. The molecule has 0 saturated carbocycles. The minimum absolute atomic E-state index is 0.126. The van der Waals surface area contributed by atoms with Gasteiger partial charge in [-0.15, -0.1) is 0 Å². The normalized spacial score (nSPS) is 10.9. The number of hydrogen-bond donors (Lipinski definition) is 0. The van der Waals surface area contributed by atoms with Crippen LogP contribution in [0.5, 0.6) is 0 Å². The number of nitrogens with zero attached hydrogens (tertiary/aromatic N) is 3. The van der Waals surface area contributed by atoms with Crippen molar-refractivity contribution < 1.29 is 0 Å². The molecule has 0 aliphatic heterocycles. The van der Waals surface area contributed by atoms with Crippen molar-refractivity contribution in [1.29, 1.82) is 5.26 Å². The van der Waals surface area contributed by atoms with Crippen LogP contribution in [0.25, 0.3) is 17.0 Å². The molecule has 2 aromatic carbocycles. The third kappa shape index (κ3) is 2.65. The van der Waals surface area contributed by atoms with Gasteiger partial charge in [0.05, 0.1) is 10.9 Å². The number of benzene rings is 2. The van der Waals surface area contributed by atoms with E-state index < -0.39 is 0 Å². The van der Waals surface area contributed by atoms with Gasteiger partial charge in [0, 0.05) is 6.54 Å². The molecule has 0 aliphatic rings. The Balaban J connectivity index is 2.00. The monoisotopic (exact) mass is 287 g/mol. The average molecular weight is 287 g/mol. The molecule has 1 aromatic heterocycles. The van der Waals surface area contributed by atoms with Crippen molar-refractivity contribution in [2.45, 2.75) is 6.54 Å². The average Bonchev–Trinajstić information content (AvgIpc) is 2.57. The van der Waals surface area contributed by atoms with E-state index in [4.69, 9.17) is 0 Å². The molecule has 0 amide bonds. The van der Waals surface area contributed by atoms with Crippen molar-refractivity contribution in [3.63, 3.8) is 0 Å². The summed E-state index contributed by atoms with van der Waals surface area (Å²) in [6.07, 6.45) is 3.77. The van der Waals surface area contributed by atoms with Crippen LogP contribution in [0.2, 0.25) is 0 Å². The Morgan fingerprint density at radius 3 is 2.59 bits per heavy atom. The van der Waals surface area contributed by atoms with Crippen LogP contribution in [0.1, 0.15) is 11.4 Å². The van der Waals surface area contributed by atoms with E-state index in [0.29, 0.717) is 17.4 Å². The summed E-state index contributed by atoms with van der Waals surface area (Å²) in [6.45, 7) is 0.314. The molecule has 106 valence electrons. The van der Waals surface area contributed by atoms with E-state index in [9.17, 15) is 10.1 Å². The highest BCUT2D eigenvalue weighted by Crippen LogP contribution is 2.08. The predicted molar refractivity (Wildman–Crippen MR) is 86.2 cm³/mol. The summed E-state index contributed by atoms with van der Waals surface area (Å²) in [5.41, 5.74) is 1.40. The maximum absolute atomic E-state index is 12.5. The SMILES string of the molecule is N#Cc1nc2ccccc2c(=O)n1C/C=C/c1ccccc1. The maximum atomic E-state index is 12.5. The first-order valence-electron chi connectivity index (χ1n) is 6.91. The molecule has 0 bridgehead atoms. The molecule has 22 heavy (non-hydrogen) atoms. The lowest BCUT2D eigenvalue weighted by Gasteiger charge is -2.06. The van der Waals surface area contributed by atoms with Crippen LogP contribution in [0.4, 0.5) is 0 Å². The number of para-hydroxylation sites is 1. The summed E-state index contributed by atoms with van der Waals surface area (Å²) in [4.78, 5) is 16.7. The number of allylic oxidation sites excluding steroid dienone is 1. The van der Waals surface area contributed by atoms with E-state index in [-0.39, 0.29) is 11.4 Å². The van der Waals surface area contributed by atoms with Gasteiger partial charge in [-0.25, -0.2) is 4.98 Å². The van der Waals surface area contributed by atoms with Crippen LogP contribution in [0, 0.1) is 11.3 Å². The van der Waals surface area contributed by atoms with Gasteiger partial charge in [-0.05, 0) is 17.7 Å². The molecule has 0 fully saturated rings. The van der Waals surface area contributed by atoms with Gasteiger partial charge in [0.25, 0.3) is 5.56 Å².